The number of aromatic amines is 1. The second-order valence-corrected chi connectivity index (χ2v) is 6.62. The molecule has 4 rings (SSSR count). The lowest BCUT2D eigenvalue weighted by molar-refractivity contribution is 0.0733. The second-order valence-electron chi connectivity index (χ2n) is 6.62. The van der Waals surface area contributed by atoms with E-state index in [9.17, 15) is 9.59 Å². The standard InChI is InChI=1S/C21H20N4O2/c22-12-16-3-1-2-4-18(16)14-5-7-15(8-6-14)21(27)25-10-9-19-17(13-25)11-20(26)24-23-19/h1-8,11H,9-10,12-13,22H2,(H,24,26). The van der Waals surface area contributed by atoms with Crippen LogP contribution >= 0.6 is 0 Å². The van der Waals surface area contributed by atoms with Crippen molar-refractivity contribution in [1.82, 2.24) is 15.1 Å². The average molecular weight is 360 g/mol. The molecule has 1 amide bonds. The molecule has 6 nitrogen and oxygen atoms in total. The van der Waals surface area contributed by atoms with Crippen molar-refractivity contribution in [2.24, 2.45) is 5.73 Å². The van der Waals surface area contributed by atoms with Crippen LogP contribution in [0.25, 0.3) is 11.1 Å². The Bertz CT molecular complexity index is 1040. The highest BCUT2D eigenvalue weighted by molar-refractivity contribution is 5.95. The summed E-state index contributed by atoms with van der Waals surface area (Å²) in [7, 11) is 0. The molecule has 0 spiro atoms. The van der Waals surface area contributed by atoms with Crippen LogP contribution in [0, 0.1) is 0 Å². The summed E-state index contributed by atoms with van der Waals surface area (Å²) in [4.78, 5) is 26.1. The molecule has 27 heavy (non-hydrogen) atoms. The molecule has 136 valence electrons. The molecule has 0 bridgehead atoms. The lowest BCUT2D eigenvalue weighted by Gasteiger charge is -2.28. The second kappa shape index (κ2) is 7.17. The molecule has 0 aliphatic carbocycles. The van der Waals surface area contributed by atoms with Crippen LogP contribution in [0.2, 0.25) is 0 Å². The van der Waals surface area contributed by atoms with Crippen molar-refractivity contribution in [1.29, 1.82) is 0 Å². The van der Waals surface area contributed by atoms with Gasteiger partial charge in [-0.25, -0.2) is 5.10 Å². The van der Waals surface area contributed by atoms with Crippen LogP contribution in [0.15, 0.2) is 59.4 Å². The molecule has 3 N–H and O–H groups in total. The number of nitrogens with zero attached hydrogens (tertiary/aromatic N) is 2. The van der Waals surface area contributed by atoms with E-state index >= 15 is 0 Å². The summed E-state index contributed by atoms with van der Waals surface area (Å²) in [5.74, 6) is -0.0420. The Morgan fingerprint density at radius 3 is 2.70 bits per heavy atom. The smallest absolute Gasteiger partial charge is 0.264 e. The van der Waals surface area contributed by atoms with Crippen molar-refractivity contribution in [3.05, 3.63) is 87.3 Å². The molecule has 2 aromatic carbocycles. The summed E-state index contributed by atoms with van der Waals surface area (Å²) in [6, 6.07) is 17.1. The van der Waals surface area contributed by atoms with Crippen LogP contribution < -0.4 is 11.3 Å². The number of rotatable bonds is 3. The Morgan fingerprint density at radius 2 is 1.93 bits per heavy atom. The minimum absolute atomic E-state index is 0.0420. The molecule has 0 radical (unpaired) electrons. The van der Waals surface area contributed by atoms with Gasteiger partial charge in [-0.1, -0.05) is 36.4 Å². The number of carbonyl (C=O) groups is 1. The maximum atomic E-state index is 12.9. The van der Waals surface area contributed by atoms with Crippen molar-refractivity contribution < 1.29 is 4.79 Å². The largest absolute Gasteiger partial charge is 0.334 e. The van der Waals surface area contributed by atoms with E-state index in [-0.39, 0.29) is 11.5 Å². The highest BCUT2D eigenvalue weighted by Gasteiger charge is 2.23. The van der Waals surface area contributed by atoms with E-state index in [4.69, 9.17) is 5.73 Å². The normalized spacial score (nSPS) is 13.3. The van der Waals surface area contributed by atoms with E-state index in [1.807, 2.05) is 48.5 Å². The van der Waals surface area contributed by atoms with E-state index in [0.29, 0.717) is 31.6 Å². The van der Waals surface area contributed by atoms with Gasteiger partial charge >= 0.3 is 0 Å². The van der Waals surface area contributed by atoms with E-state index in [1.54, 1.807) is 4.90 Å². The number of H-pyrrole nitrogens is 1. The Kier molecular flexibility index (Phi) is 4.56. The van der Waals surface area contributed by atoms with E-state index < -0.39 is 0 Å². The van der Waals surface area contributed by atoms with Crippen LogP contribution in [-0.2, 0) is 19.5 Å². The fourth-order valence-electron chi connectivity index (χ4n) is 3.48. The van der Waals surface area contributed by atoms with Gasteiger partial charge in [0.2, 0.25) is 0 Å². The van der Waals surface area contributed by atoms with Crippen LogP contribution in [-0.4, -0.2) is 27.5 Å². The summed E-state index contributed by atoms with van der Waals surface area (Å²) < 4.78 is 0. The highest BCUT2D eigenvalue weighted by Crippen LogP contribution is 2.25. The Morgan fingerprint density at radius 1 is 1.15 bits per heavy atom. The van der Waals surface area contributed by atoms with Gasteiger partial charge < -0.3 is 10.6 Å². The van der Waals surface area contributed by atoms with E-state index in [2.05, 4.69) is 10.2 Å². The SMILES string of the molecule is NCc1ccccc1-c1ccc(C(=O)N2CCc3n[nH]c(=O)cc3C2)cc1. The van der Waals surface area contributed by atoms with Gasteiger partial charge in [0.15, 0.2) is 0 Å². The van der Waals surface area contributed by atoms with Gasteiger partial charge in [-0.15, -0.1) is 0 Å². The third-order valence-corrected chi connectivity index (χ3v) is 4.92. The lowest BCUT2D eigenvalue weighted by Crippen LogP contribution is -2.37. The third kappa shape index (κ3) is 3.39. The summed E-state index contributed by atoms with van der Waals surface area (Å²) in [5, 5.41) is 6.51. The summed E-state index contributed by atoms with van der Waals surface area (Å²) in [6.45, 7) is 1.46. The minimum Gasteiger partial charge on any atom is -0.334 e. The van der Waals surface area contributed by atoms with Crippen molar-refractivity contribution in [3.8, 4) is 11.1 Å². The van der Waals surface area contributed by atoms with Crippen LogP contribution in [0.5, 0.6) is 0 Å². The Hall–Kier alpha value is -3.25. The zero-order valence-electron chi connectivity index (χ0n) is 14.8. The van der Waals surface area contributed by atoms with E-state index in [1.165, 1.54) is 6.07 Å². The van der Waals surface area contributed by atoms with Gasteiger partial charge in [-0.2, -0.15) is 5.10 Å². The van der Waals surface area contributed by atoms with Gasteiger partial charge in [0.1, 0.15) is 0 Å². The van der Waals surface area contributed by atoms with Gasteiger partial charge in [0, 0.05) is 43.2 Å². The first-order valence-corrected chi connectivity index (χ1v) is 8.91. The zero-order chi connectivity index (χ0) is 18.8. The summed E-state index contributed by atoms with van der Waals surface area (Å²) >= 11 is 0. The number of nitrogens with two attached hydrogens (primary N) is 1. The Balaban J connectivity index is 1.56. The molecule has 1 aliphatic heterocycles. The third-order valence-electron chi connectivity index (χ3n) is 4.92. The van der Waals surface area contributed by atoms with Gasteiger partial charge in [-0.3, -0.25) is 9.59 Å². The summed E-state index contributed by atoms with van der Waals surface area (Å²) in [5.41, 5.74) is 11.1. The molecule has 3 aromatic rings. The maximum Gasteiger partial charge on any atom is 0.264 e. The summed E-state index contributed by atoms with van der Waals surface area (Å²) in [6.07, 6.45) is 0.639. The molecule has 6 heteroatoms. The molecule has 1 aliphatic rings. The van der Waals surface area contributed by atoms with Gasteiger partial charge in [0.05, 0.1) is 5.69 Å². The fraction of sp³-hybridized carbons (Fsp3) is 0.190. The molecule has 1 aromatic heterocycles. The van der Waals surface area contributed by atoms with Crippen LogP contribution in [0.1, 0.15) is 27.2 Å². The van der Waals surface area contributed by atoms with Crippen LogP contribution in [0.4, 0.5) is 0 Å². The fourth-order valence-corrected chi connectivity index (χ4v) is 3.48. The Labute approximate surface area is 156 Å². The number of nitrogens with one attached hydrogen (secondary N) is 1. The predicted molar refractivity (Wildman–Crippen MR) is 103 cm³/mol. The molecular formula is C21H20N4O2. The number of hydrogen-bond donors (Lipinski definition) is 2. The number of hydrogen-bond acceptors (Lipinski definition) is 4. The molecule has 0 saturated heterocycles. The number of carbonyl (C=O) groups excluding carboxylic acids is 1. The van der Waals surface area contributed by atoms with Crippen LogP contribution in [0.3, 0.4) is 0 Å². The quantitative estimate of drug-likeness (QED) is 0.748. The van der Waals surface area contributed by atoms with Gasteiger partial charge in [-0.05, 0) is 28.8 Å². The minimum atomic E-state index is -0.244. The molecule has 0 unspecified atom stereocenters. The van der Waals surface area contributed by atoms with Crippen molar-refractivity contribution >= 4 is 5.91 Å². The molecule has 0 fully saturated rings. The molecule has 2 heterocycles. The monoisotopic (exact) mass is 360 g/mol. The lowest BCUT2D eigenvalue weighted by atomic mass is 9.98. The number of aromatic nitrogens is 2. The van der Waals surface area contributed by atoms with Gasteiger partial charge in [0.25, 0.3) is 11.5 Å². The maximum absolute atomic E-state index is 12.9. The molecular weight excluding hydrogens is 340 g/mol. The average Bonchev–Trinajstić information content (AvgIpc) is 2.72. The predicted octanol–water partition coefficient (Wildman–Crippen LogP) is 2.09. The first-order chi connectivity index (χ1) is 13.2. The highest BCUT2D eigenvalue weighted by atomic mass is 16.2. The first-order valence-electron chi connectivity index (χ1n) is 8.91. The molecule has 0 atom stereocenters. The zero-order valence-corrected chi connectivity index (χ0v) is 14.8. The first kappa shape index (κ1) is 17.2. The van der Waals surface area contributed by atoms with E-state index in [0.717, 1.165) is 27.9 Å². The van der Waals surface area contributed by atoms with Crippen molar-refractivity contribution in [3.63, 3.8) is 0 Å². The topological polar surface area (TPSA) is 92.1 Å². The number of fused-ring (bicyclic) bond motifs is 1. The van der Waals surface area contributed by atoms with Crippen molar-refractivity contribution in [2.75, 3.05) is 6.54 Å². The van der Waals surface area contributed by atoms with Crippen molar-refractivity contribution in [2.45, 2.75) is 19.5 Å². The number of amides is 1. The number of benzene rings is 2. The molecule has 0 saturated carbocycles.